The highest BCUT2D eigenvalue weighted by atomic mass is 32.2. The lowest BCUT2D eigenvalue weighted by atomic mass is 10.0. The van der Waals surface area contributed by atoms with Crippen molar-refractivity contribution in [2.45, 2.75) is 49.3 Å². The number of primary sulfonamides is 1. The number of benzene rings is 2. The Morgan fingerprint density at radius 2 is 1.69 bits per heavy atom. The lowest BCUT2D eigenvalue weighted by Gasteiger charge is -2.23. The molecule has 2 aromatic heterocycles. The molecule has 39 heavy (non-hydrogen) atoms. The van der Waals surface area contributed by atoms with Crippen LogP contribution < -0.4 is 15.8 Å². The van der Waals surface area contributed by atoms with E-state index in [-0.39, 0.29) is 35.0 Å². The van der Waals surface area contributed by atoms with Gasteiger partial charge in [-0.25, -0.2) is 27.9 Å². The number of nitrogens with one attached hydrogen (secondary N) is 2. The van der Waals surface area contributed by atoms with Crippen molar-refractivity contribution in [1.29, 1.82) is 0 Å². The molecule has 1 aliphatic rings. The van der Waals surface area contributed by atoms with Crippen molar-refractivity contribution in [3.63, 3.8) is 0 Å². The lowest BCUT2D eigenvalue weighted by molar-refractivity contribution is -0.151. The fourth-order valence-corrected chi connectivity index (χ4v) is 4.96. The molecule has 13 heteroatoms. The topological polar surface area (TPSA) is 123 Å². The number of rotatable bonds is 7. The average molecular weight is 561 g/mol. The third kappa shape index (κ3) is 5.36. The smallest absolute Gasteiger partial charge is 0.354 e. The third-order valence-electron chi connectivity index (χ3n) is 6.71. The number of alkyl halides is 3. The molecule has 0 saturated heterocycles. The van der Waals surface area contributed by atoms with Crippen LogP contribution in [-0.4, -0.2) is 35.1 Å². The van der Waals surface area contributed by atoms with Gasteiger partial charge in [0.1, 0.15) is 16.9 Å². The lowest BCUT2D eigenvalue weighted by Crippen LogP contribution is -2.39. The van der Waals surface area contributed by atoms with Crippen molar-refractivity contribution in [3.05, 3.63) is 71.5 Å². The predicted octanol–water partition coefficient (Wildman–Crippen LogP) is 5.47. The molecule has 204 valence electrons. The molecule has 5 rings (SSSR count). The monoisotopic (exact) mass is 560 g/mol. The summed E-state index contributed by atoms with van der Waals surface area (Å²) in [6.45, 7) is 3.51. The van der Waals surface area contributed by atoms with E-state index in [1.807, 2.05) is 0 Å². The predicted molar refractivity (Wildman–Crippen MR) is 139 cm³/mol. The Labute approximate surface area is 221 Å². The number of hydrogen-bond acceptors (Lipinski definition) is 7. The minimum absolute atomic E-state index is 0.0330. The number of aromatic nitrogens is 3. The van der Waals surface area contributed by atoms with Gasteiger partial charge in [0.05, 0.1) is 22.1 Å². The minimum Gasteiger partial charge on any atom is -0.354 e. The first-order chi connectivity index (χ1) is 18.3. The van der Waals surface area contributed by atoms with Crippen LogP contribution in [0, 0.1) is 12.7 Å². The van der Waals surface area contributed by atoms with E-state index < -0.39 is 33.6 Å². The number of anilines is 2. The molecule has 0 radical (unpaired) electrons. The van der Waals surface area contributed by atoms with Crippen LogP contribution in [0.2, 0.25) is 0 Å². The highest BCUT2D eigenvalue weighted by molar-refractivity contribution is 7.89. The molecule has 8 nitrogen and oxygen atoms in total. The number of sulfonamides is 1. The van der Waals surface area contributed by atoms with Crippen molar-refractivity contribution in [2.24, 2.45) is 5.14 Å². The molecule has 0 aliphatic heterocycles. The number of aryl methyl sites for hydroxylation is 1. The SMILES string of the molecule is Cc1cc(S(N)(=O)=O)ccc1[C@H](C)Nc1nc(NC2(C(F)(F)F)CC2)c2nc(-c3ccc(F)cc3)ccc2n1. The van der Waals surface area contributed by atoms with Crippen LogP contribution in [0.4, 0.5) is 29.3 Å². The van der Waals surface area contributed by atoms with Gasteiger partial charge in [0.15, 0.2) is 5.82 Å². The van der Waals surface area contributed by atoms with Crippen molar-refractivity contribution < 1.29 is 26.0 Å². The quantitative estimate of drug-likeness (QED) is 0.256. The molecule has 4 aromatic rings. The molecule has 0 spiro atoms. The Balaban J connectivity index is 1.54. The van der Waals surface area contributed by atoms with Crippen LogP contribution in [0.1, 0.15) is 36.9 Å². The highest BCUT2D eigenvalue weighted by Crippen LogP contribution is 2.51. The second-order valence-electron chi connectivity index (χ2n) is 9.60. The minimum atomic E-state index is -4.50. The number of nitrogens with zero attached hydrogens (tertiary/aromatic N) is 3. The first kappa shape index (κ1) is 26.8. The second-order valence-corrected chi connectivity index (χ2v) is 11.2. The van der Waals surface area contributed by atoms with Crippen molar-refractivity contribution in [2.75, 3.05) is 10.6 Å². The molecular weight excluding hydrogens is 536 g/mol. The summed E-state index contributed by atoms with van der Waals surface area (Å²) < 4.78 is 78.2. The Hall–Kier alpha value is -3.84. The van der Waals surface area contributed by atoms with Crippen LogP contribution >= 0.6 is 0 Å². The van der Waals surface area contributed by atoms with E-state index in [0.29, 0.717) is 22.3 Å². The number of nitrogens with two attached hydrogens (primary N) is 1. The Morgan fingerprint density at radius 3 is 2.28 bits per heavy atom. The fourth-order valence-electron chi connectivity index (χ4n) is 4.36. The van der Waals surface area contributed by atoms with Crippen LogP contribution in [0.3, 0.4) is 0 Å². The largest absolute Gasteiger partial charge is 0.411 e. The maximum Gasteiger partial charge on any atom is 0.411 e. The van der Waals surface area contributed by atoms with Gasteiger partial charge in [0.2, 0.25) is 16.0 Å². The summed E-state index contributed by atoms with van der Waals surface area (Å²) in [4.78, 5) is 13.3. The number of halogens is 4. The molecule has 1 fully saturated rings. The van der Waals surface area contributed by atoms with Crippen molar-refractivity contribution in [3.8, 4) is 11.3 Å². The van der Waals surface area contributed by atoms with Crippen LogP contribution in [0.5, 0.6) is 0 Å². The average Bonchev–Trinajstić information content (AvgIpc) is 3.65. The molecule has 1 atom stereocenters. The zero-order valence-electron chi connectivity index (χ0n) is 20.8. The van der Waals surface area contributed by atoms with Crippen LogP contribution in [0.15, 0.2) is 59.5 Å². The maximum atomic E-state index is 13.8. The van der Waals surface area contributed by atoms with Gasteiger partial charge >= 0.3 is 6.18 Å². The van der Waals surface area contributed by atoms with E-state index in [9.17, 15) is 26.0 Å². The van der Waals surface area contributed by atoms with Gasteiger partial charge < -0.3 is 10.6 Å². The molecule has 0 unspecified atom stereocenters. The summed E-state index contributed by atoms with van der Waals surface area (Å²) in [5.41, 5.74) is 0.692. The fraction of sp³-hybridized carbons (Fsp3) is 0.269. The molecule has 1 aliphatic carbocycles. The molecule has 4 N–H and O–H groups in total. The van der Waals surface area contributed by atoms with Gasteiger partial charge in [-0.05, 0) is 86.3 Å². The second kappa shape index (κ2) is 9.42. The Kier molecular flexibility index (Phi) is 6.46. The molecule has 0 bridgehead atoms. The first-order valence-corrected chi connectivity index (χ1v) is 13.5. The van der Waals surface area contributed by atoms with E-state index in [1.54, 1.807) is 32.0 Å². The molecule has 2 aromatic carbocycles. The van der Waals surface area contributed by atoms with E-state index >= 15 is 0 Å². The van der Waals surface area contributed by atoms with Crippen LogP contribution in [-0.2, 0) is 10.0 Å². The summed E-state index contributed by atoms with van der Waals surface area (Å²) in [5.74, 6) is -0.457. The van der Waals surface area contributed by atoms with Gasteiger partial charge in [-0.2, -0.15) is 18.2 Å². The normalized spacial score (nSPS) is 15.7. The Bertz CT molecular complexity index is 1670. The standard InChI is InChI=1S/C26H24F4N6O2S/c1-14-13-18(39(31,37)38)7-8-19(14)15(2)32-24-34-21-10-9-20(16-3-5-17(27)6-4-16)33-22(21)23(35-24)36-25(11-12-25)26(28,29)30/h3-10,13,15H,11-12H2,1-2H3,(H2,31,37,38)(H2,32,34,35,36)/t15-/m0/s1. The van der Waals surface area contributed by atoms with Gasteiger partial charge in [-0.1, -0.05) is 6.07 Å². The third-order valence-corrected chi connectivity index (χ3v) is 7.63. The van der Waals surface area contributed by atoms with Crippen molar-refractivity contribution >= 4 is 32.8 Å². The molecular formula is C26H24F4N6O2S. The van der Waals surface area contributed by atoms with Gasteiger partial charge in [0.25, 0.3) is 0 Å². The zero-order valence-corrected chi connectivity index (χ0v) is 21.7. The summed E-state index contributed by atoms with van der Waals surface area (Å²) in [5, 5.41) is 10.9. The van der Waals surface area contributed by atoms with E-state index in [0.717, 1.165) is 5.56 Å². The van der Waals surface area contributed by atoms with E-state index in [4.69, 9.17) is 5.14 Å². The summed E-state index contributed by atoms with van der Waals surface area (Å²) in [6.07, 6.45) is -4.70. The number of pyridine rings is 1. The van der Waals surface area contributed by atoms with E-state index in [2.05, 4.69) is 25.6 Å². The summed E-state index contributed by atoms with van der Waals surface area (Å²) >= 11 is 0. The molecule has 0 amide bonds. The first-order valence-electron chi connectivity index (χ1n) is 12.0. The van der Waals surface area contributed by atoms with Gasteiger partial charge in [0, 0.05) is 5.56 Å². The number of fused-ring (bicyclic) bond motifs is 1. The van der Waals surface area contributed by atoms with Gasteiger partial charge in [-0.15, -0.1) is 0 Å². The molecule has 2 heterocycles. The summed E-state index contributed by atoms with van der Waals surface area (Å²) in [7, 11) is -3.88. The zero-order chi connectivity index (χ0) is 28.2. The summed E-state index contributed by atoms with van der Waals surface area (Å²) in [6, 6.07) is 12.8. The Morgan fingerprint density at radius 1 is 1.00 bits per heavy atom. The number of hydrogen-bond donors (Lipinski definition) is 3. The highest BCUT2D eigenvalue weighted by Gasteiger charge is 2.64. The van der Waals surface area contributed by atoms with Crippen molar-refractivity contribution in [1.82, 2.24) is 15.0 Å². The molecule has 1 saturated carbocycles. The van der Waals surface area contributed by atoms with Gasteiger partial charge in [-0.3, -0.25) is 0 Å². The maximum absolute atomic E-state index is 13.8. The van der Waals surface area contributed by atoms with E-state index in [1.165, 1.54) is 36.4 Å². The van der Waals surface area contributed by atoms with Crippen LogP contribution in [0.25, 0.3) is 22.3 Å².